The third-order valence-corrected chi connectivity index (χ3v) is 4.27. The van der Waals surface area contributed by atoms with Crippen molar-refractivity contribution in [3.63, 3.8) is 0 Å². The molecule has 2 aromatic heterocycles. The molecule has 2 heterocycles. The average Bonchev–Trinajstić information content (AvgIpc) is 2.98. The minimum absolute atomic E-state index is 0.0874. The number of hydrogen-bond donors (Lipinski definition) is 2. The number of carbonyl (C=O) groups is 1. The molecule has 0 aliphatic heterocycles. The lowest BCUT2D eigenvalue weighted by atomic mass is 9.96. The minimum Gasteiger partial charge on any atom is -0.354 e. The highest BCUT2D eigenvalue weighted by Gasteiger charge is 2.18. The largest absolute Gasteiger partial charge is 0.354 e. The van der Waals surface area contributed by atoms with Crippen LogP contribution in [0.4, 0.5) is 5.82 Å². The number of H-pyrrole nitrogens is 1. The van der Waals surface area contributed by atoms with Gasteiger partial charge < -0.3 is 10.2 Å². The van der Waals surface area contributed by atoms with E-state index in [1.54, 1.807) is 6.20 Å². The van der Waals surface area contributed by atoms with E-state index in [2.05, 4.69) is 25.4 Å². The summed E-state index contributed by atoms with van der Waals surface area (Å²) in [6.45, 7) is 3.24. The molecular weight excluding hydrogens is 290 g/mol. The maximum Gasteiger partial charge on any atom is 0.252 e. The number of nitrogens with one attached hydrogen (secondary N) is 2. The van der Waals surface area contributed by atoms with Gasteiger partial charge in [0.1, 0.15) is 5.82 Å². The van der Waals surface area contributed by atoms with Crippen LogP contribution in [-0.2, 0) is 19.4 Å². The number of carbonyl (C=O) groups excluding carboxylic acids is 1. The first-order valence-corrected chi connectivity index (χ1v) is 8.19. The van der Waals surface area contributed by atoms with Gasteiger partial charge in [-0.1, -0.05) is 0 Å². The zero-order valence-electron chi connectivity index (χ0n) is 13.7. The number of hydrogen-bond acceptors (Lipinski definition) is 4. The van der Waals surface area contributed by atoms with Gasteiger partial charge in [-0.2, -0.15) is 5.10 Å². The normalized spacial score (nSPS) is 13.5. The lowest BCUT2D eigenvalue weighted by molar-refractivity contribution is 0.0955. The molecule has 2 N–H and O–H groups in total. The van der Waals surface area contributed by atoms with Crippen LogP contribution in [0.15, 0.2) is 18.3 Å². The summed E-state index contributed by atoms with van der Waals surface area (Å²) in [5.41, 5.74) is 4.36. The SMILES string of the molecule is CCNC(=O)c1ccc(N(C)Cc2n[nH]c3c2CCCC3)nc1. The van der Waals surface area contributed by atoms with Crippen molar-refractivity contribution in [2.75, 3.05) is 18.5 Å². The summed E-state index contributed by atoms with van der Waals surface area (Å²) in [4.78, 5) is 18.2. The molecule has 0 radical (unpaired) electrons. The van der Waals surface area contributed by atoms with Crippen LogP contribution in [0, 0.1) is 0 Å². The van der Waals surface area contributed by atoms with Crippen molar-refractivity contribution in [3.05, 3.63) is 40.8 Å². The third kappa shape index (κ3) is 3.36. The van der Waals surface area contributed by atoms with Crippen LogP contribution >= 0.6 is 0 Å². The number of amides is 1. The Labute approximate surface area is 136 Å². The van der Waals surface area contributed by atoms with Crippen LogP contribution in [0.1, 0.15) is 47.1 Å². The van der Waals surface area contributed by atoms with Crippen molar-refractivity contribution in [1.82, 2.24) is 20.5 Å². The Balaban J connectivity index is 1.70. The van der Waals surface area contributed by atoms with Crippen molar-refractivity contribution in [2.45, 2.75) is 39.2 Å². The molecule has 3 rings (SSSR count). The van der Waals surface area contributed by atoms with Crippen molar-refractivity contribution >= 4 is 11.7 Å². The number of aromatic amines is 1. The van der Waals surface area contributed by atoms with E-state index in [1.807, 2.05) is 26.1 Å². The number of fused-ring (bicyclic) bond motifs is 1. The first-order valence-electron chi connectivity index (χ1n) is 8.19. The highest BCUT2D eigenvalue weighted by Crippen LogP contribution is 2.23. The number of anilines is 1. The maximum absolute atomic E-state index is 11.8. The number of pyridine rings is 1. The van der Waals surface area contributed by atoms with E-state index in [0.717, 1.165) is 30.9 Å². The lowest BCUT2D eigenvalue weighted by Crippen LogP contribution is -2.23. The second-order valence-electron chi connectivity index (χ2n) is 5.96. The molecule has 6 nitrogen and oxygen atoms in total. The maximum atomic E-state index is 11.8. The molecule has 0 unspecified atom stereocenters. The fourth-order valence-electron chi connectivity index (χ4n) is 2.99. The first kappa shape index (κ1) is 15.5. The van der Waals surface area contributed by atoms with Crippen LogP contribution in [0.3, 0.4) is 0 Å². The standard InChI is InChI=1S/C17H23N5O/c1-3-18-17(23)12-8-9-16(19-10-12)22(2)11-15-13-6-4-5-7-14(13)20-21-15/h8-10H,3-7,11H2,1-2H3,(H,18,23)(H,20,21). The van der Waals surface area contributed by atoms with Crippen LogP contribution < -0.4 is 10.2 Å². The van der Waals surface area contributed by atoms with Gasteiger partial charge in [-0.3, -0.25) is 9.89 Å². The monoisotopic (exact) mass is 313 g/mol. The van der Waals surface area contributed by atoms with Crippen molar-refractivity contribution in [3.8, 4) is 0 Å². The molecule has 1 amide bonds. The van der Waals surface area contributed by atoms with Gasteiger partial charge in [-0.05, 0) is 50.3 Å². The molecule has 1 aliphatic rings. The third-order valence-electron chi connectivity index (χ3n) is 4.27. The van der Waals surface area contributed by atoms with Crippen LogP contribution in [0.25, 0.3) is 0 Å². The zero-order chi connectivity index (χ0) is 16.2. The Bertz CT molecular complexity index is 677. The Morgan fingerprint density at radius 3 is 2.91 bits per heavy atom. The Hall–Kier alpha value is -2.37. The van der Waals surface area contributed by atoms with Crippen molar-refractivity contribution in [1.29, 1.82) is 0 Å². The van der Waals surface area contributed by atoms with Crippen LogP contribution in [-0.4, -0.2) is 34.7 Å². The van der Waals surface area contributed by atoms with E-state index in [-0.39, 0.29) is 5.91 Å². The van der Waals surface area contributed by atoms with Gasteiger partial charge in [0, 0.05) is 25.5 Å². The van der Waals surface area contributed by atoms with Gasteiger partial charge in [0.05, 0.1) is 17.8 Å². The average molecular weight is 313 g/mol. The van der Waals surface area contributed by atoms with E-state index >= 15 is 0 Å². The van der Waals surface area contributed by atoms with Gasteiger partial charge in [0.15, 0.2) is 0 Å². The topological polar surface area (TPSA) is 73.9 Å². The minimum atomic E-state index is -0.0874. The predicted octanol–water partition coefficient (Wildman–Crippen LogP) is 2.07. The summed E-state index contributed by atoms with van der Waals surface area (Å²) in [7, 11) is 2.00. The molecule has 23 heavy (non-hydrogen) atoms. The molecule has 6 heteroatoms. The molecule has 0 fully saturated rings. The molecule has 2 aromatic rings. The van der Waals surface area contributed by atoms with E-state index in [9.17, 15) is 4.79 Å². The Morgan fingerprint density at radius 2 is 2.17 bits per heavy atom. The predicted molar refractivity (Wildman–Crippen MR) is 89.6 cm³/mol. The van der Waals surface area contributed by atoms with Crippen molar-refractivity contribution < 1.29 is 4.79 Å². The van der Waals surface area contributed by atoms with Gasteiger partial charge in [-0.15, -0.1) is 0 Å². The van der Waals surface area contributed by atoms with Gasteiger partial charge >= 0.3 is 0 Å². The van der Waals surface area contributed by atoms with E-state index < -0.39 is 0 Å². The highest BCUT2D eigenvalue weighted by atomic mass is 16.1. The first-order chi connectivity index (χ1) is 11.2. The second kappa shape index (κ2) is 6.81. The van der Waals surface area contributed by atoms with Crippen LogP contribution in [0.5, 0.6) is 0 Å². The molecule has 0 spiro atoms. The summed E-state index contributed by atoms with van der Waals surface area (Å²) >= 11 is 0. The molecule has 0 aromatic carbocycles. The summed E-state index contributed by atoms with van der Waals surface area (Å²) in [5, 5.41) is 10.4. The molecule has 0 saturated carbocycles. The number of nitrogens with zero attached hydrogens (tertiary/aromatic N) is 3. The summed E-state index contributed by atoms with van der Waals surface area (Å²) < 4.78 is 0. The molecule has 0 saturated heterocycles. The second-order valence-corrected chi connectivity index (χ2v) is 5.96. The molecular formula is C17H23N5O. The lowest BCUT2D eigenvalue weighted by Gasteiger charge is -2.19. The van der Waals surface area contributed by atoms with Gasteiger partial charge in [0.2, 0.25) is 0 Å². The Morgan fingerprint density at radius 1 is 1.35 bits per heavy atom. The fraction of sp³-hybridized carbons (Fsp3) is 0.471. The fourth-order valence-corrected chi connectivity index (χ4v) is 2.99. The summed E-state index contributed by atoms with van der Waals surface area (Å²) in [6, 6.07) is 3.69. The molecule has 122 valence electrons. The highest BCUT2D eigenvalue weighted by molar-refractivity contribution is 5.93. The summed E-state index contributed by atoms with van der Waals surface area (Å²) in [6.07, 6.45) is 6.32. The number of aryl methyl sites for hydroxylation is 1. The number of rotatable bonds is 5. The van der Waals surface area contributed by atoms with E-state index in [1.165, 1.54) is 24.1 Å². The molecule has 0 atom stereocenters. The zero-order valence-corrected chi connectivity index (χ0v) is 13.7. The van der Waals surface area contributed by atoms with Crippen LogP contribution in [0.2, 0.25) is 0 Å². The van der Waals surface area contributed by atoms with Gasteiger partial charge in [-0.25, -0.2) is 4.98 Å². The summed E-state index contributed by atoms with van der Waals surface area (Å²) in [5.74, 6) is 0.751. The van der Waals surface area contributed by atoms with Crippen molar-refractivity contribution in [2.24, 2.45) is 0 Å². The molecule has 0 bridgehead atoms. The molecule has 1 aliphatic carbocycles. The quantitative estimate of drug-likeness (QED) is 0.886. The Kier molecular flexibility index (Phi) is 4.60. The van der Waals surface area contributed by atoms with Gasteiger partial charge in [0.25, 0.3) is 5.91 Å². The van der Waals surface area contributed by atoms with E-state index in [0.29, 0.717) is 12.1 Å². The van der Waals surface area contributed by atoms with E-state index in [4.69, 9.17) is 0 Å². The smallest absolute Gasteiger partial charge is 0.252 e. The number of aromatic nitrogens is 3.